The topological polar surface area (TPSA) is 52.7 Å². The van der Waals surface area contributed by atoms with Gasteiger partial charge >= 0.3 is 6.03 Å². The Morgan fingerprint density at radius 2 is 1.65 bits per heavy atom. The number of benzene rings is 1. The minimum Gasteiger partial charge on any atom is -0.339 e. The van der Waals surface area contributed by atoms with E-state index >= 15 is 0 Å². The van der Waals surface area contributed by atoms with Crippen molar-refractivity contribution in [3.05, 3.63) is 35.4 Å². The second-order valence-electron chi connectivity index (χ2n) is 6.09. The molecule has 0 aliphatic carbocycles. The van der Waals surface area contributed by atoms with E-state index in [1.165, 1.54) is 11.1 Å². The molecule has 1 fully saturated rings. The Hall–Kier alpha value is -2.04. The van der Waals surface area contributed by atoms with Crippen LogP contribution in [0.3, 0.4) is 0 Å². The lowest BCUT2D eigenvalue weighted by Crippen LogP contribution is -2.53. The molecule has 1 aliphatic rings. The molecule has 1 heterocycles. The average Bonchev–Trinajstić information content (AvgIpc) is 2.59. The summed E-state index contributed by atoms with van der Waals surface area (Å²) >= 11 is 0. The highest BCUT2D eigenvalue weighted by atomic mass is 16.2. The van der Waals surface area contributed by atoms with Crippen LogP contribution in [0.4, 0.5) is 4.79 Å². The van der Waals surface area contributed by atoms with E-state index in [1.54, 1.807) is 4.90 Å². The molecule has 1 aromatic rings. The van der Waals surface area contributed by atoms with Crippen LogP contribution in [0.5, 0.6) is 0 Å². The average molecular weight is 317 g/mol. The van der Waals surface area contributed by atoms with Crippen LogP contribution in [0.2, 0.25) is 0 Å². The largest absolute Gasteiger partial charge is 0.339 e. The number of aryl methyl sites for hydroxylation is 2. The normalized spacial score (nSPS) is 14.7. The molecular weight excluding hydrogens is 290 g/mol. The highest BCUT2D eigenvalue weighted by Gasteiger charge is 2.23. The van der Waals surface area contributed by atoms with E-state index < -0.39 is 0 Å². The maximum absolute atomic E-state index is 12.3. The van der Waals surface area contributed by atoms with Crippen molar-refractivity contribution in [2.75, 3.05) is 32.7 Å². The van der Waals surface area contributed by atoms with Crippen LogP contribution in [0.15, 0.2) is 24.3 Å². The molecule has 23 heavy (non-hydrogen) atoms. The molecule has 5 nitrogen and oxygen atoms in total. The second kappa shape index (κ2) is 8.56. The molecule has 0 spiro atoms. The summed E-state index contributed by atoms with van der Waals surface area (Å²) in [4.78, 5) is 27.8. The maximum atomic E-state index is 12.3. The monoisotopic (exact) mass is 317 g/mol. The van der Waals surface area contributed by atoms with Crippen LogP contribution in [0.1, 0.15) is 30.9 Å². The van der Waals surface area contributed by atoms with E-state index in [-0.39, 0.29) is 11.9 Å². The van der Waals surface area contributed by atoms with Crippen molar-refractivity contribution in [1.29, 1.82) is 0 Å². The van der Waals surface area contributed by atoms with Crippen molar-refractivity contribution >= 4 is 11.9 Å². The fraction of sp³-hybridized carbons (Fsp3) is 0.556. The molecule has 0 saturated carbocycles. The van der Waals surface area contributed by atoms with E-state index in [9.17, 15) is 9.59 Å². The van der Waals surface area contributed by atoms with Crippen LogP contribution in [-0.2, 0) is 11.2 Å². The zero-order valence-electron chi connectivity index (χ0n) is 14.2. The Kier molecular flexibility index (Phi) is 6.44. The molecule has 0 radical (unpaired) electrons. The summed E-state index contributed by atoms with van der Waals surface area (Å²) in [7, 11) is 0. The summed E-state index contributed by atoms with van der Waals surface area (Å²) in [5, 5.41) is 2.88. The van der Waals surface area contributed by atoms with Crippen LogP contribution >= 0.6 is 0 Å². The molecule has 0 atom stereocenters. The van der Waals surface area contributed by atoms with Gasteiger partial charge in [0.15, 0.2) is 0 Å². The maximum Gasteiger partial charge on any atom is 0.317 e. The van der Waals surface area contributed by atoms with E-state index in [0.29, 0.717) is 39.1 Å². The highest BCUT2D eigenvalue weighted by Crippen LogP contribution is 2.09. The Bertz CT molecular complexity index is 520. The van der Waals surface area contributed by atoms with E-state index in [1.807, 2.05) is 11.8 Å². The fourth-order valence-corrected chi connectivity index (χ4v) is 2.67. The summed E-state index contributed by atoms with van der Waals surface area (Å²) in [5.74, 6) is 0.180. The predicted octanol–water partition coefficient (Wildman–Crippen LogP) is 2.19. The number of amides is 3. The molecule has 5 heteroatoms. The van der Waals surface area contributed by atoms with Gasteiger partial charge in [0.05, 0.1) is 0 Å². The zero-order chi connectivity index (χ0) is 16.7. The number of hydrogen-bond donors (Lipinski definition) is 1. The molecule has 2 rings (SSSR count). The van der Waals surface area contributed by atoms with Gasteiger partial charge in [-0.1, -0.05) is 36.8 Å². The van der Waals surface area contributed by atoms with Crippen molar-refractivity contribution in [2.24, 2.45) is 0 Å². The number of nitrogens with one attached hydrogen (secondary N) is 1. The van der Waals surface area contributed by atoms with Gasteiger partial charge in [-0.3, -0.25) is 4.79 Å². The van der Waals surface area contributed by atoms with Crippen molar-refractivity contribution in [3.8, 4) is 0 Å². The molecule has 1 N–H and O–H groups in total. The van der Waals surface area contributed by atoms with Crippen LogP contribution < -0.4 is 5.32 Å². The second-order valence-corrected chi connectivity index (χ2v) is 6.09. The number of carbonyl (C=O) groups is 2. The smallest absolute Gasteiger partial charge is 0.317 e. The van der Waals surface area contributed by atoms with E-state index in [4.69, 9.17) is 0 Å². The third-order valence-electron chi connectivity index (χ3n) is 4.19. The van der Waals surface area contributed by atoms with Gasteiger partial charge in [-0.2, -0.15) is 0 Å². The first-order chi connectivity index (χ1) is 11.1. The van der Waals surface area contributed by atoms with Crippen LogP contribution in [-0.4, -0.2) is 54.5 Å². The summed E-state index contributed by atoms with van der Waals surface area (Å²) in [6.45, 7) is 7.29. The van der Waals surface area contributed by atoms with Crippen molar-refractivity contribution in [2.45, 2.75) is 33.1 Å². The lowest BCUT2D eigenvalue weighted by Gasteiger charge is -2.34. The molecule has 0 bridgehead atoms. The Labute approximate surface area is 138 Å². The first kappa shape index (κ1) is 17.3. The van der Waals surface area contributed by atoms with Gasteiger partial charge in [0.1, 0.15) is 0 Å². The third kappa shape index (κ3) is 5.27. The standard InChI is InChI=1S/C18H27N3O2/c1-3-10-19-18(23)21-13-11-20(12-14-21)17(22)9-8-16-6-4-15(2)5-7-16/h4-7H,3,8-14H2,1-2H3,(H,19,23). The number of carbonyl (C=O) groups excluding carboxylic acids is 2. The number of urea groups is 1. The first-order valence-corrected chi connectivity index (χ1v) is 8.46. The molecule has 0 unspecified atom stereocenters. The fourth-order valence-electron chi connectivity index (χ4n) is 2.67. The van der Waals surface area contributed by atoms with Gasteiger partial charge in [0.25, 0.3) is 0 Å². The van der Waals surface area contributed by atoms with E-state index in [2.05, 4.69) is 36.5 Å². The van der Waals surface area contributed by atoms with Crippen molar-refractivity contribution < 1.29 is 9.59 Å². The zero-order valence-corrected chi connectivity index (χ0v) is 14.2. The number of nitrogens with zero attached hydrogens (tertiary/aromatic N) is 2. The summed E-state index contributed by atoms with van der Waals surface area (Å²) in [5.41, 5.74) is 2.43. The number of piperazine rings is 1. The number of rotatable bonds is 5. The van der Waals surface area contributed by atoms with Gasteiger partial charge < -0.3 is 15.1 Å². The Morgan fingerprint density at radius 3 is 2.26 bits per heavy atom. The summed E-state index contributed by atoms with van der Waals surface area (Å²) < 4.78 is 0. The van der Waals surface area contributed by atoms with Gasteiger partial charge in [-0.25, -0.2) is 4.79 Å². The van der Waals surface area contributed by atoms with Gasteiger partial charge in [-0.15, -0.1) is 0 Å². The first-order valence-electron chi connectivity index (χ1n) is 8.46. The minimum atomic E-state index is -0.0152. The minimum absolute atomic E-state index is 0.0152. The van der Waals surface area contributed by atoms with Crippen LogP contribution in [0, 0.1) is 6.92 Å². The highest BCUT2D eigenvalue weighted by molar-refractivity contribution is 5.78. The molecule has 1 aromatic carbocycles. The van der Waals surface area contributed by atoms with Crippen molar-refractivity contribution in [3.63, 3.8) is 0 Å². The van der Waals surface area contributed by atoms with Gasteiger partial charge in [0, 0.05) is 39.1 Å². The van der Waals surface area contributed by atoms with E-state index in [0.717, 1.165) is 12.8 Å². The molecule has 126 valence electrons. The molecule has 1 aliphatic heterocycles. The van der Waals surface area contributed by atoms with Gasteiger partial charge in [0.2, 0.25) is 5.91 Å². The predicted molar refractivity (Wildman–Crippen MR) is 91.3 cm³/mol. The molecule has 0 aromatic heterocycles. The lowest BCUT2D eigenvalue weighted by molar-refractivity contribution is -0.132. The molecular formula is C18H27N3O2. The SMILES string of the molecule is CCCNC(=O)N1CCN(C(=O)CCc2ccc(C)cc2)CC1. The Morgan fingerprint density at radius 1 is 1.04 bits per heavy atom. The summed E-state index contributed by atoms with van der Waals surface area (Å²) in [6.07, 6.45) is 2.24. The lowest BCUT2D eigenvalue weighted by atomic mass is 10.1. The van der Waals surface area contributed by atoms with Gasteiger partial charge in [-0.05, 0) is 25.3 Å². The Balaban J connectivity index is 1.73. The third-order valence-corrected chi connectivity index (χ3v) is 4.19. The quantitative estimate of drug-likeness (QED) is 0.905. The van der Waals surface area contributed by atoms with Crippen molar-refractivity contribution in [1.82, 2.24) is 15.1 Å². The summed E-state index contributed by atoms with van der Waals surface area (Å²) in [6, 6.07) is 8.30. The van der Waals surface area contributed by atoms with Crippen LogP contribution in [0.25, 0.3) is 0 Å². The molecule has 1 saturated heterocycles. The number of hydrogen-bond acceptors (Lipinski definition) is 2. The molecule has 3 amide bonds.